The average molecular weight is 854 g/mol. The van der Waals surface area contributed by atoms with Gasteiger partial charge in [0.2, 0.25) is 17.7 Å². The van der Waals surface area contributed by atoms with Gasteiger partial charge in [-0.3, -0.25) is 14.4 Å². The number of halogens is 9. The Kier molecular flexibility index (Phi) is 14.8. The normalized spacial score (nSPS) is 15.8. The number of hydrogen-bond donors (Lipinski definition) is 1. The third-order valence-corrected chi connectivity index (χ3v) is 9.51. The molecule has 2 heterocycles. The molecule has 1 atom stereocenters. The number of amides is 3. The molecule has 60 heavy (non-hydrogen) atoms. The van der Waals surface area contributed by atoms with Crippen molar-refractivity contribution in [3.63, 3.8) is 0 Å². The molecule has 0 aliphatic carbocycles. The molecule has 0 spiro atoms. The maximum absolute atomic E-state index is 13.5. The first kappa shape index (κ1) is 45.0. The SMILES string of the molecule is NC(=O)C1CN(c2ccc(F)cc2)CCN1C(=O)Cc1ccc(F)cc1OCC(F)(F)F.O=C(Cc1ccccc1OCC(F)(F)F)N1CCN(c2ccc(F)cc2)CC1. The van der Waals surface area contributed by atoms with Crippen molar-refractivity contribution in [1.29, 1.82) is 0 Å². The Morgan fingerprint density at radius 1 is 0.583 bits per heavy atom. The standard InChI is InChI=1S/C21H20F5N3O3.C20H20F4N2O2/c22-14-3-5-16(6-4-14)28-7-8-29(17(11-28)20(27)31)19(30)9-13-1-2-15(23)10-18(13)32-12-21(24,25)26;21-16-5-7-17(8-6-16)25-9-11-26(12-10-25)19(27)13-15-3-1-2-4-18(15)28-14-20(22,23)24/h1-6,10,17H,7-9,11-12H2,(H2,27,31);1-8H,9-14H2. The average Bonchev–Trinajstić information content (AvgIpc) is 3.20. The molecule has 0 aromatic heterocycles. The molecule has 1 unspecified atom stereocenters. The molecule has 0 saturated carbocycles. The maximum atomic E-state index is 13.5. The lowest BCUT2D eigenvalue weighted by molar-refractivity contribution is -0.154. The Morgan fingerprint density at radius 3 is 1.63 bits per heavy atom. The number of nitrogens with two attached hydrogens (primary N) is 1. The number of alkyl halides is 6. The van der Waals surface area contributed by atoms with Gasteiger partial charge in [0.05, 0.1) is 12.8 Å². The van der Waals surface area contributed by atoms with Gasteiger partial charge < -0.3 is 34.8 Å². The van der Waals surface area contributed by atoms with Crippen molar-refractivity contribution in [1.82, 2.24) is 9.80 Å². The predicted molar refractivity (Wildman–Crippen MR) is 202 cm³/mol. The van der Waals surface area contributed by atoms with Gasteiger partial charge in [0.25, 0.3) is 0 Å². The first-order valence-electron chi connectivity index (χ1n) is 18.5. The van der Waals surface area contributed by atoms with E-state index in [0.717, 1.165) is 23.9 Å². The molecule has 2 aliphatic heterocycles. The minimum atomic E-state index is -4.64. The van der Waals surface area contributed by atoms with Crippen LogP contribution in [0.1, 0.15) is 11.1 Å². The fraction of sp³-hybridized carbons (Fsp3) is 0.341. The highest BCUT2D eigenvalue weighted by Gasteiger charge is 2.35. The van der Waals surface area contributed by atoms with Crippen LogP contribution in [0.25, 0.3) is 0 Å². The number of carbonyl (C=O) groups is 3. The van der Waals surface area contributed by atoms with Crippen LogP contribution < -0.4 is 25.0 Å². The number of piperazine rings is 2. The van der Waals surface area contributed by atoms with Crippen LogP contribution in [0, 0.1) is 17.5 Å². The minimum absolute atomic E-state index is 0.0232. The number of para-hydroxylation sites is 1. The topological polar surface area (TPSA) is 109 Å². The molecule has 0 radical (unpaired) electrons. The Labute approximate surface area is 338 Å². The highest BCUT2D eigenvalue weighted by Crippen LogP contribution is 2.27. The Morgan fingerprint density at radius 2 is 1.07 bits per heavy atom. The molecule has 4 aromatic rings. The van der Waals surface area contributed by atoms with E-state index in [2.05, 4.69) is 9.64 Å². The molecule has 2 aliphatic rings. The Balaban J connectivity index is 0.000000230. The number of nitrogens with zero attached hydrogens (tertiary/aromatic N) is 4. The van der Waals surface area contributed by atoms with Crippen LogP contribution in [0.2, 0.25) is 0 Å². The van der Waals surface area contributed by atoms with Crippen molar-refractivity contribution < 1.29 is 63.4 Å². The van der Waals surface area contributed by atoms with E-state index in [9.17, 15) is 53.9 Å². The largest absolute Gasteiger partial charge is 0.484 e. The number of primary amides is 1. The van der Waals surface area contributed by atoms with E-state index >= 15 is 0 Å². The number of carbonyl (C=O) groups excluding carboxylic acids is 3. The smallest absolute Gasteiger partial charge is 0.422 e. The fourth-order valence-corrected chi connectivity index (χ4v) is 6.54. The molecule has 0 bridgehead atoms. The number of anilines is 2. The summed E-state index contributed by atoms with van der Waals surface area (Å²) in [5.74, 6) is -3.38. The summed E-state index contributed by atoms with van der Waals surface area (Å²) in [6.07, 6.45) is -9.51. The van der Waals surface area contributed by atoms with Crippen LogP contribution in [0.5, 0.6) is 11.5 Å². The molecular weight excluding hydrogens is 813 g/mol. The zero-order valence-electron chi connectivity index (χ0n) is 31.8. The van der Waals surface area contributed by atoms with Crippen LogP contribution >= 0.6 is 0 Å². The van der Waals surface area contributed by atoms with E-state index < -0.39 is 67.2 Å². The summed E-state index contributed by atoms with van der Waals surface area (Å²) in [5.41, 5.74) is 7.49. The van der Waals surface area contributed by atoms with Gasteiger partial charge in [-0.1, -0.05) is 24.3 Å². The lowest BCUT2D eigenvalue weighted by Crippen LogP contribution is -2.60. The van der Waals surface area contributed by atoms with Crippen molar-refractivity contribution in [2.45, 2.75) is 31.2 Å². The molecule has 2 N–H and O–H groups in total. The summed E-state index contributed by atoms with van der Waals surface area (Å²) in [6.45, 7) is -0.373. The van der Waals surface area contributed by atoms with Gasteiger partial charge in [-0.25, -0.2) is 13.2 Å². The van der Waals surface area contributed by atoms with Crippen LogP contribution in [-0.2, 0) is 27.2 Å². The summed E-state index contributed by atoms with van der Waals surface area (Å²) < 4.78 is 124. The molecule has 4 aromatic carbocycles. The van der Waals surface area contributed by atoms with Crippen molar-refractivity contribution >= 4 is 29.1 Å². The highest BCUT2D eigenvalue weighted by atomic mass is 19.4. The molecule has 19 heteroatoms. The molecular formula is C41H40F9N5O5. The first-order valence-corrected chi connectivity index (χ1v) is 18.5. The van der Waals surface area contributed by atoms with Crippen LogP contribution in [-0.4, -0.2) is 105 Å². The monoisotopic (exact) mass is 853 g/mol. The summed E-state index contributed by atoms with van der Waals surface area (Å²) in [4.78, 5) is 44.2. The third-order valence-electron chi connectivity index (χ3n) is 9.51. The van der Waals surface area contributed by atoms with Crippen LogP contribution in [0.3, 0.4) is 0 Å². The van der Waals surface area contributed by atoms with E-state index in [-0.39, 0.29) is 42.5 Å². The van der Waals surface area contributed by atoms with Gasteiger partial charge in [0.1, 0.15) is 35.0 Å². The van der Waals surface area contributed by atoms with Gasteiger partial charge in [-0.15, -0.1) is 0 Å². The van der Waals surface area contributed by atoms with Gasteiger partial charge in [-0.05, 0) is 60.7 Å². The van der Waals surface area contributed by atoms with Crippen LogP contribution in [0.4, 0.5) is 50.9 Å². The number of hydrogen-bond acceptors (Lipinski definition) is 7. The zero-order valence-corrected chi connectivity index (χ0v) is 31.8. The van der Waals surface area contributed by atoms with Gasteiger partial charge in [0.15, 0.2) is 13.2 Å². The summed E-state index contributed by atoms with van der Waals surface area (Å²) in [5, 5.41) is 0. The molecule has 3 amide bonds. The van der Waals surface area contributed by atoms with Gasteiger partial charge in [-0.2, -0.15) is 26.3 Å². The van der Waals surface area contributed by atoms with E-state index in [0.29, 0.717) is 44.0 Å². The van der Waals surface area contributed by atoms with E-state index in [4.69, 9.17) is 10.5 Å². The summed E-state index contributed by atoms with van der Waals surface area (Å²) in [6, 6.07) is 20.0. The number of benzene rings is 4. The van der Waals surface area contributed by atoms with Crippen molar-refractivity contribution in [2.24, 2.45) is 5.73 Å². The van der Waals surface area contributed by atoms with E-state index in [1.54, 1.807) is 40.1 Å². The van der Waals surface area contributed by atoms with Gasteiger partial charge in [0, 0.05) is 74.4 Å². The highest BCUT2D eigenvalue weighted by molar-refractivity contribution is 5.89. The Hall–Kier alpha value is -6.14. The van der Waals surface area contributed by atoms with Crippen molar-refractivity contribution in [2.75, 3.05) is 68.8 Å². The second kappa shape index (κ2) is 19.7. The van der Waals surface area contributed by atoms with Crippen LogP contribution in [0.15, 0.2) is 91.0 Å². The molecule has 2 saturated heterocycles. The lowest BCUT2D eigenvalue weighted by Gasteiger charge is -2.41. The minimum Gasteiger partial charge on any atom is -0.484 e. The quantitative estimate of drug-likeness (QED) is 0.176. The maximum Gasteiger partial charge on any atom is 0.422 e. The molecule has 322 valence electrons. The second-order valence-corrected chi connectivity index (χ2v) is 13.8. The summed E-state index contributed by atoms with van der Waals surface area (Å²) in [7, 11) is 0. The molecule has 2 fully saturated rings. The van der Waals surface area contributed by atoms with Crippen molar-refractivity contribution in [3.8, 4) is 11.5 Å². The van der Waals surface area contributed by atoms with E-state index in [1.807, 2.05) is 0 Å². The van der Waals surface area contributed by atoms with Crippen molar-refractivity contribution in [3.05, 3.63) is 120 Å². The number of rotatable bonds is 11. The first-order chi connectivity index (χ1) is 28.3. The lowest BCUT2D eigenvalue weighted by atomic mass is 10.1. The van der Waals surface area contributed by atoms with Gasteiger partial charge >= 0.3 is 12.4 Å². The number of ether oxygens (including phenoxy) is 2. The third kappa shape index (κ3) is 13.2. The fourth-order valence-electron chi connectivity index (χ4n) is 6.54. The second-order valence-electron chi connectivity index (χ2n) is 13.8. The molecule has 6 rings (SSSR count). The molecule has 10 nitrogen and oxygen atoms in total. The zero-order chi connectivity index (χ0) is 43.6. The predicted octanol–water partition coefficient (Wildman–Crippen LogP) is 6.31. The summed E-state index contributed by atoms with van der Waals surface area (Å²) >= 11 is 0. The Bertz CT molecular complexity index is 2080. The van der Waals surface area contributed by atoms with E-state index in [1.165, 1.54) is 47.4 Å².